The second-order valence-corrected chi connectivity index (χ2v) is 6.94. The first kappa shape index (κ1) is 13.9. The van der Waals surface area contributed by atoms with Crippen LogP contribution in [0.1, 0.15) is 24.8 Å². The van der Waals surface area contributed by atoms with E-state index in [4.69, 9.17) is 12.2 Å². The van der Waals surface area contributed by atoms with E-state index in [0.717, 1.165) is 29.2 Å². The largest absolute Gasteiger partial charge is 0.358 e. The maximum Gasteiger partial charge on any atom is 0.187 e. The highest BCUT2D eigenvalue weighted by atomic mass is 32.1. The number of hydrogen-bond donors (Lipinski definition) is 2. The summed E-state index contributed by atoms with van der Waals surface area (Å²) in [5, 5.41) is 8.27. The Morgan fingerprint density at radius 1 is 1.36 bits per heavy atom. The number of nitrogens with one attached hydrogen (secondary N) is 2. The first-order valence-corrected chi connectivity index (χ1v) is 8.38. The summed E-state index contributed by atoms with van der Waals surface area (Å²) < 4.78 is 0. The highest BCUT2D eigenvalue weighted by Gasteiger charge is 2.52. The third kappa shape index (κ3) is 2.54. The topological polar surface area (TPSA) is 49.3 Å². The van der Waals surface area contributed by atoms with Gasteiger partial charge >= 0.3 is 0 Å². The highest BCUT2D eigenvalue weighted by Crippen LogP contribution is 2.56. The molecule has 0 saturated heterocycles. The van der Waals surface area contributed by atoms with Crippen molar-refractivity contribution in [1.82, 2.24) is 15.7 Å². The van der Waals surface area contributed by atoms with E-state index < -0.39 is 0 Å². The second-order valence-electron chi connectivity index (χ2n) is 6.54. The molecule has 3 aliphatic rings. The number of nitrogens with zero attached hydrogens (tertiary/aromatic N) is 2. The molecule has 2 saturated carbocycles. The Morgan fingerprint density at radius 2 is 2.32 bits per heavy atom. The number of fused-ring (bicyclic) bond motifs is 5. The van der Waals surface area contributed by atoms with Gasteiger partial charge in [-0.05, 0) is 61.2 Å². The van der Waals surface area contributed by atoms with Crippen LogP contribution >= 0.6 is 12.2 Å². The van der Waals surface area contributed by atoms with Crippen LogP contribution in [0, 0.1) is 23.7 Å². The standard InChI is InChI=1S/C17H20N4S/c22-17(21-19-10-11-3-2-6-18-9-11)20-16-8-12-7-15(16)14-5-1-4-13(12)14/h1-3,5-6,9-10,12-16H,4,7-8H2,(H2,20,21,22)/b19-10-/t12-,13-,14+,15+,16-/m1/s1. The van der Waals surface area contributed by atoms with Crippen LogP contribution in [0.25, 0.3) is 0 Å². The van der Waals surface area contributed by atoms with E-state index in [1.54, 1.807) is 18.6 Å². The van der Waals surface area contributed by atoms with Crippen LogP contribution in [0.3, 0.4) is 0 Å². The van der Waals surface area contributed by atoms with Gasteiger partial charge in [-0.3, -0.25) is 10.4 Å². The number of allylic oxidation sites excluding steroid dienone is 2. The molecule has 1 aromatic rings. The van der Waals surface area contributed by atoms with Crippen LogP contribution in [0.15, 0.2) is 41.8 Å². The van der Waals surface area contributed by atoms with Crippen LogP contribution in [-0.2, 0) is 0 Å². The number of hydrogen-bond acceptors (Lipinski definition) is 3. The summed E-state index contributed by atoms with van der Waals surface area (Å²) in [5.41, 5.74) is 3.88. The molecule has 0 spiro atoms. The fraction of sp³-hybridized carbons (Fsp3) is 0.471. The third-order valence-corrected chi connectivity index (χ3v) is 5.60. The molecule has 0 aliphatic heterocycles. The van der Waals surface area contributed by atoms with Crippen LogP contribution in [0.4, 0.5) is 0 Å². The lowest BCUT2D eigenvalue weighted by Crippen LogP contribution is -2.45. The quantitative estimate of drug-likeness (QED) is 0.390. The minimum atomic E-state index is 0.502. The van der Waals surface area contributed by atoms with Gasteiger partial charge in [0, 0.05) is 24.0 Å². The SMILES string of the molecule is S=C(N/N=C\c1cccnc1)N[C@@H]1C[C@H]2C[C@H]1[C@H]1C=CC[C@H]21. The molecule has 5 atom stereocenters. The molecule has 1 heterocycles. The van der Waals surface area contributed by atoms with Crippen molar-refractivity contribution in [2.24, 2.45) is 28.8 Å². The first-order chi connectivity index (χ1) is 10.8. The van der Waals surface area contributed by atoms with Gasteiger partial charge in [0.25, 0.3) is 0 Å². The molecule has 114 valence electrons. The van der Waals surface area contributed by atoms with Crippen molar-refractivity contribution in [3.05, 3.63) is 42.2 Å². The van der Waals surface area contributed by atoms with Crippen LogP contribution < -0.4 is 10.7 Å². The Labute approximate surface area is 136 Å². The molecular weight excluding hydrogens is 292 g/mol. The Balaban J connectivity index is 1.30. The van der Waals surface area contributed by atoms with E-state index in [-0.39, 0.29) is 0 Å². The van der Waals surface area contributed by atoms with Crippen molar-refractivity contribution in [2.75, 3.05) is 0 Å². The molecule has 2 N–H and O–H groups in total. The summed E-state index contributed by atoms with van der Waals surface area (Å²) in [7, 11) is 0. The van der Waals surface area contributed by atoms with Crippen molar-refractivity contribution < 1.29 is 0 Å². The van der Waals surface area contributed by atoms with Gasteiger partial charge in [-0.15, -0.1) is 0 Å². The van der Waals surface area contributed by atoms with Crippen molar-refractivity contribution in [3.8, 4) is 0 Å². The number of aromatic nitrogens is 1. The van der Waals surface area contributed by atoms with Gasteiger partial charge in [0.1, 0.15) is 0 Å². The van der Waals surface area contributed by atoms with Crippen molar-refractivity contribution in [3.63, 3.8) is 0 Å². The van der Waals surface area contributed by atoms with Crippen LogP contribution in [0.5, 0.6) is 0 Å². The van der Waals surface area contributed by atoms with E-state index >= 15 is 0 Å². The highest BCUT2D eigenvalue weighted by molar-refractivity contribution is 7.80. The van der Waals surface area contributed by atoms with E-state index in [9.17, 15) is 0 Å². The minimum absolute atomic E-state index is 0.502. The molecule has 0 unspecified atom stereocenters. The smallest absolute Gasteiger partial charge is 0.187 e. The fourth-order valence-corrected chi connectivity index (χ4v) is 4.73. The Kier molecular flexibility index (Phi) is 3.66. The molecule has 5 heteroatoms. The van der Waals surface area contributed by atoms with Gasteiger partial charge in [-0.1, -0.05) is 18.2 Å². The van der Waals surface area contributed by atoms with Gasteiger partial charge in [0.15, 0.2) is 5.11 Å². The van der Waals surface area contributed by atoms with Crippen LogP contribution in [-0.4, -0.2) is 22.4 Å². The molecular formula is C17H20N4S. The molecule has 2 bridgehead atoms. The fourth-order valence-electron chi connectivity index (χ4n) is 4.53. The van der Waals surface area contributed by atoms with Crippen molar-refractivity contribution >= 4 is 23.5 Å². The zero-order valence-electron chi connectivity index (χ0n) is 12.4. The van der Waals surface area contributed by atoms with Crippen LogP contribution in [0.2, 0.25) is 0 Å². The summed E-state index contributed by atoms with van der Waals surface area (Å²) in [4.78, 5) is 4.05. The van der Waals surface area contributed by atoms with Crippen molar-refractivity contribution in [2.45, 2.75) is 25.3 Å². The zero-order valence-corrected chi connectivity index (χ0v) is 13.2. The molecule has 4 rings (SSSR count). The Bertz CT molecular complexity index is 612. The molecule has 4 nitrogen and oxygen atoms in total. The monoisotopic (exact) mass is 312 g/mol. The van der Waals surface area contributed by atoms with Crippen molar-refractivity contribution in [1.29, 1.82) is 0 Å². The lowest BCUT2D eigenvalue weighted by Gasteiger charge is -2.32. The summed E-state index contributed by atoms with van der Waals surface area (Å²) in [6, 6.07) is 4.35. The van der Waals surface area contributed by atoms with Gasteiger partial charge in [-0.2, -0.15) is 5.10 Å². The minimum Gasteiger partial charge on any atom is -0.358 e. The van der Waals surface area contributed by atoms with Gasteiger partial charge in [0.2, 0.25) is 0 Å². The molecule has 0 amide bonds. The lowest BCUT2D eigenvalue weighted by molar-refractivity contribution is 0.246. The molecule has 0 radical (unpaired) electrons. The Hall–Kier alpha value is -1.75. The Morgan fingerprint density at radius 3 is 3.18 bits per heavy atom. The van der Waals surface area contributed by atoms with E-state index in [1.165, 1.54) is 19.3 Å². The molecule has 1 aromatic heterocycles. The van der Waals surface area contributed by atoms with Gasteiger partial charge < -0.3 is 5.32 Å². The average Bonchev–Trinajstić information content (AvgIpc) is 3.20. The average molecular weight is 312 g/mol. The lowest BCUT2D eigenvalue weighted by atomic mass is 9.79. The van der Waals surface area contributed by atoms with Gasteiger partial charge in [0.05, 0.1) is 6.21 Å². The molecule has 22 heavy (non-hydrogen) atoms. The maximum atomic E-state index is 5.37. The normalized spacial score (nSPS) is 35.0. The summed E-state index contributed by atoms with van der Waals surface area (Å²) >= 11 is 5.37. The summed E-state index contributed by atoms with van der Waals surface area (Å²) in [6.45, 7) is 0. The molecule has 0 aromatic carbocycles. The predicted molar refractivity (Wildman–Crippen MR) is 91.4 cm³/mol. The number of hydrazone groups is 1. The first-order valence-electron chi connectivity index (χ1n) is 7.97. The zero-order chi connectivity index (χ0) is 14.9. The summed E-state index contributed by atoms with van der Waals surface area (Å²) in [6.07, 6.45) is 13.9. The number of pyridine rings is 1. The van der Waals surface area contributed by atoms with E-state index in [0.29, 0.717) is 11.2 Å². The number of rotatable bonds is 3. The van der Waals surface area contributed by atoms with E-state index in [2.05, 4.69) is 33.0 Å². The molecule has 3 aliphatic carbocycles. The third-order valence-electron chi connectivity index (χ3n) is 5.39. The molecule has 2 fully saturated rings. The second kappa shape index (κ2) is 5.80. The number of thiocarbonyl (C=S) groups is 1. The van der Waals surface area contributed by atoms with E-state index in [1.807, 2.05) is 12.1 Å². The van der Waals surface area contributed by atoms with Gasteiger partial charge in [-0.25, -0.2) is 0 Å². The maximum absolute atomic E-state index is 5.37. The summed E-state index contributed by atoms with van der Waals surface area (Å²) in [5.74, 6) is 3.31. The predicted octanol–water partition coefficient (Wildman–Crippen LogP) is 2.48.